The zero-order valence-electron chi connectivity index (χ0n) is 12.5. The second-order valence-corrected chi connectivity index (χ2v) is 6.23. The minimum Gasteiger partial charge on any atom is -0.393 e. The van der Waals surface area contributed by atoms with E-state index >= 15 is 0 Å². The van der Waals surface area contributed by atoms with Gasteiger partial charge in [-0.2, -0.15) is 0 Å². The van der Waals surface area contributed by atoms with Crippen LogP contribution in [-0.2, 0) is 0 Å². The van der Waals surface area contributed by atoms with E-state index in [1.165, 1.54) is 83.5 Å². The summed E-state index contributed by atoms with van der Waals surface area (Å²) in [6.07, 6.45) is 18.8. The molecule has 0 radical (unpaired) electrons. The van der Waals surface area contributed by atoms with E-state index in [1.807, 2.05) is 0 Å². The van der Waals surface area contributed by atoms with Gasteiger partial charge < -0.3 is 5.11 Å². The summed E-state index contributed by atoms with van der Waals surface area (Å²) >= 11 is 0. The van der Waals surface area contributed by atoms with E-state index in [4.69, 9.17) is 0 Å². The van der Waals surface area contributed by atoms with Crippen LogP contribution in [0, 0.1) is 5.92 Å². The zero-order chi connectivity index (χ0) is 13.1. The third-order valence-corrected chi connectivity index (χ3v) is 4.55. The molecule has 1 unspecified atom stereocenters. The number of hydrogen-bond donors (Lipinski definition) is 1. The highest BCUT2D eigenvalue weighted by Crippen LogP contribution is 2.31. The van der Waals surface area contributed by atoms with E-state index in [1.54, 1.807) is 0 Å². The standard InChI is InChI=1S/C17H34O/c1-2-3-4-5-6-7-8-9-10-11-15-17(18)16-13-12-14-16/h16-18H,2-15H2,1H3. The van der Waals surface area contributed by atoms with Gasteiger partial charge in [0.2, 0.25) is 0 Å². The van der Waals surface area contributed by atoms with Gasteiger partial charge in [-0.1, -0.05) is 77.6 Å². The fraction of sp³-hybridized carbons (Fsp3) is 1.00. The van der Waals surface area contributed by atoms with Crippen LogP contribution in [0.25, 0.3) is 0 Å². The van der Waals surface area contributed by atoms with Crippen LogP contribution in [0.5, 0.6) is 0 Å². The lowest BCUT2D eigenvalue weighted by Gasteiger charge is -2.30. The summed E-state index contributed by atoms with van der Waals surface area (Å²) in [6.45, 7) is 2.28. The number of unbranched alkanes of at least 4 members (excludes halogenated alkanes) is 9. The predicted molar refractivity (Wildman–Crippen MR) is 79.8 cm³/mol. The smallest absolute Gasteiger partial charge is 0.0568 e. The highest BCUT2D eigenvalue weighted by atomic mass is 16.3. The molecule has 1 heteroatoms. The number of rotatable bonds is 12. The van der Waals surface area contributed by atoms with Crippen LogP contribution in [-0.4, -0.2) is 11.2 Å². The van der Waals surface area contributed by atoms with Gasteiger partial charge in [-0.25, -0.2) is 0 Å². The van der Waals surface area contributed by atoms with E-state index in [0.717, 1.165) is 6.42 Å². The van der Waals surface area contributed by atoms with Crippen molar-refractivity contribution in [3.8, 4) is 0 Å². The lowest BCUT2D eigenvalue weighted by atomic mass is 9.79. The Morgan fingerprint density at radius 3 is 1.78 bits per heavy atom. The van der Waals surface area contributed by atoms with Crippen LogP contribution < -0.4 is 0 Å². The summed E-state index contributed by atoms with van der Waals surface area (Å²) in [6, 6.07) is 0. The Balaban J connectivity index is 1.73. The Labute approximate surface area is 114 Å². The first-order chi connectivity index (χ1) is 8.84. The van der Waals surface area contributed by atoms with Gasteiger partial charge in [-0.15, -0.1) is 0 Å². The molecule has 0 bridgehead atoms. The Morgan fingerprint density at radius 2 is 1.33 bits per heavy atom. The summed E-state index contributed by atoms with van der Waals surface area (Å²) in [5.74, 6) is 0.656. The van der Waals surface area contributed by atoms with Crippen LogP contribution >= 0.6 is 0 Å². The Bertz CT molecular complexity index is 174. The van der Waals surface area contributed by atoms with Crippen molar-refractivity contribution in [2.75, 3.05) is 0 Å². The number of aliphatic hydroxyl groups is 1. The molecule has 1 atom stereocenters. The van der Waals surface area contributed by atoms with Crippen molar-refractivity contribution in [3.63, 3.8) is 0 Å². The fourth-order valence-corrected chi connectivity index (χ4v) is 2.90. The Kier molecular flexibility index (Phi) is 9.65. The molecule has 0 aromatic heterocycles. The van der Waals surface area contributed by atoms with Gasteiger partial charge >= 0.3 is 0 Å². The lowest BCUT2D eigenvalue weighted by Crippen LogP contribution is -2.26. The number of aliphatic hydroxyl groups excluding tert-OH is 1. The molecule has 0 heterocycles. The monoisotopic (exact) mass is 254 g/mol. The first-order valence-electron chi connectivity index (χ1n) is 8.52. The van der Waals surface area contributed by atoms with Gasteiger partial charge in [-0.3, -0.25) is 0 Å². The molecule has 1 rings (SSSR count). The molecule has 108 valence electrons. The van der Waals surface area contributed by atoms with Crippen molar-refractivity contribution < 1.29 is 5.11 Å². The van der Waals surface area contributed by atoms with E-state index in [9.17, 15) is 5.11 Å². The van der Waals surface area contributed by atoms with E-state index < -0.39 is 0 Å². The zero-order valence-corrected chi connectivity index (χ0v) is 12.5. The molecule has 0 saturated heterocycles. The molecule has 1 fully saturated rings. The normalized spacial score (nSPS) is 17.7. The first-order valence-corrected chi connectivity index (χ1v) is 8.52. The van der Waals surface area contributed by atoms with Crippen molar-refractivity contribution >= 4 is 0 Å². The molecule has 0 aromatic rings. The Morgan fingerprint density at radius 1 is 0.833 bits per heavy atom. The largest absolute Gasteiger partial charge is 0.393 e. The predicted octanol–water partition coefficient (Wildman–Crippen LogP) is 5.46. The molecule has 1 N–H and O–H groups in total. The Hall–Kier alpha value is -0.0400. The maximum atomic E-state index is 9.89. The quantitative estimate of drug-likeness (QED) is 0.459. The molecule has 1 nitrogen and oxygen atoms in total. The molecular weight excluding hydrogens is 220 g/mol. The van der Waals surface area contributed by atoms with Gasteiger partial charge in [0.25, 0.3) is 0 Å². The minimum atomic E-state index is 0.0211. The minimum absolute atomic E-state index is 0.0211. The van der Waals surface area contributed by atoms with Gasteiger partial charge in [0.1, 0.15) is 0 Å². The summed E-state index contributed by atoms with van der Waals surface area (Å²) in [4.78, 5) is 0. The van der Waals surface area contributed by atoms with E-state index in [0.29, 0.717) is 5.92 Å². The summed E-state index contributed by atoms with van der Waals surface area (Å²) in [7, 11) is 0. The molecule has 0 aliphatic heterocycles. The van der Waals surface area contributed by atoms with Crippen molar-refractivity contribution in [2.45, 2.75) is 103 Å². The van der Waals surface area contributed by atoms with Gasteiger partial charge in [0.15, 0.2) is 0 Å². The molecule has 1 aliphatic carbocycles. The van der Waals surface area contributed by atoms with Crippen LogP contribution in [0.3, 0.4) is 0 Å². The van der Waals surface area contributed by atoms with Gasteiger partial charge in [-0.05, 0) is 25.2 Å². The topological polar surface area (TPSA) is 20.2 Å². The van der Waals surface area contributed by atoms with Crippen LogP contribution in [0.15, 0.2) is 0 Å². The fourth-order valence-electron chi connectivity index (χ4n) is 2.90. The average Bonchev–Trinajstić information content (AvgIpc) is 2.29. The molecule has 0 amide bonds. The van der Waals surface area contributed by atoms with Gasteiger partial charge in [0, 0.05) is 0 Å². The maximum Gasteiger partial charge on any atom is 0.0568 e. The maximum absolute atomic E-state index is 9.89. The second kappa shape index (κ2) is 10.8. The van der Waals surface area contributed by atoms with Gasteiger partial charge in [0.05, 0.1) is 6.10 Å². The molecule has 0 spiro atoms. The third kappa shape index (κ3) is 7.41. The molecular formula is C17H34O. The first kappa shape index (κ1) is 16.0. The summed E-state index contributed by atoms with van der Waals surface area (Å²) < 4.78 is 0. The summed E-state index contributed by atoms with van der Waals surface area (Å²) in [5.41, 5.74) is 0. The van der Waals surface area contributed by atoms with Crippen molar-refractivity contribution in [1.82, 2.24) is 0 Å². The van der Waals surface area contributed by atoms with Crippen LogP contribution in [0.1, 0.15) is 96.8 Å². The van der Waals surface area contributed by atoms with E-state index in [2.05, 4.69) is 6.92 Å². The molecule has 1 saturated carbocycles. The highest BCUT2D eigenvalue weighted by molar-refractivity contribution is 4.76. The van der Waals surface area contributed by atoms with Crippen molar-refractivity contribution in [1.29, 1.82) is 0 Å². The molecule has 1 aliphatic rings. The molecule has 18 heavy (non-hydrogen) atoms. The van der Waals surface area contributed by atoms with Crippen LogP contribution in [0.2, 0.25) is 0 Å². The SMILES string of the molecule is CCCCCCCCCCCCC(O)C1CCC1. The average molecular weight is 254 g/mol. The summed E-state index contributed by atoms with van der Waals surface area (Å²) in [5, 5.41) is 9.89. The highest BCUT2D eigenvalue weighted by Gasteiger charge is 2.24. The molecule has 0 aromatic carbocycles. The van der Waals surface area contributed by atoms with Crippen molar-refractivity contribution in [3.05, 3.63) is 0 Å². The lowest BCUT2D eigenvalue weighted by molar-refractivity contribution is 0.0536. The van der Waals surface area contributed by atoms with Crippen LogP contribution in [0.4, 0.5) is 0 Å². The second-order valence-electron chi connectivity index (χ2n) is 6.23. The third-order valence-electron chi connectivity index (χ3n) is 4.55. The van der Waals surface area contributed by atoms with Crippen molar-refractivity contribution in [2.24, 2.45) is 5.92 Å². The number of hydrogen-bond acceptors (Lipinski definition) is 1. The van der Waals surface area contributed by atoms with E-state index in [-0.39, 0.29) is 6.10 Å².